The Labute approximate surface area is 111 Å². The molecule has 1 aliphatic rings. The van der Waals surface area contributed by atoms with E-state index in [9.17, 15) is 4.79 Å². The molecule has 96 valence electrons. The average Bonchev–Trinajstić information content (AvgIpc) is 2.30. The van der Waals surface area contributed by atoms with Crippen molar-refractivity contribution >= 4 is 17.6 Å². The van der Waals surface area contributed by atoms with Crippen molar-refractivity contribution in [2.24, 2.45) is 0 Å². The minimum Gasteiger partial charge on any atom is -0.487 e. The van der Waals surface area contributed by atoms with E-state index in [4.69, 9.17) is 16.3 Å². The Morgan fingerprint density at radius 2 is 2.39 bits per heavy atom. The first-order valence-electron chi connectivity index (χ1n) is 5.75. The van der Waals surface area contributed by atoms with Crippen LogP contribution in [0.2, 0.25) is 5.02 Å². The fourth-order valence-corrected chi connectivity index (χ4v) is 1.86. The Morgan fingerprint density at radius 3 is 3.06 bits per heavy atom. The molecule has 1 N–H and O–H groups in total. The molecule has 1 aromatic rings. The minimum atomic E-state index is -0.0826. The van der Waals surface area contributed by atoms with Crippen LogP contribution in [0.3, 0.4) is 0 Å². The minimum absolute atomic E-state index is 0.0398. The van der Waals surface area contributed by atoms with Gasteiger partial charge in [-0.25, -0.2) is 4.79 Å². The van der Waals surface area contributed by atoms with Crippen LogP contribution in [0.15, 0.2) is 36.9 Å². The van der Waals surface area contributed by atoms with Gasteiger partial charge in [-0.3, -0.25) is 0 Å². The zero-order valence-electron chi connectivity index (χ0n) is 9.93. The molecule has 0 radical (unpaired) electrons. The fraction of sp³-hybridized carbons (Fsp3) is 0.308. The van der Waals surface area contributed by atoms with Crippen molar-refractivity contribution in [3.8, 4) is 5.75 Å². The maximum absolute atomic E-state index is 11.5. The summed E-state index contributed by atoms with van der Waals surface area (Å²) in [6, 6.07) is 7.17. The molecule has 2 rings (SSSR count). The van der Waals surface area contributed by atoms with Gasteiger partial charge in [0.05, 0.1) is 13.1 Å². The van der Waals surface area contributed by atoms with Crippen LogP contribution in [0, 0.1) is 0 Å². The highest BCUT2D eigenvalue weighted by Crippen LogP contribution is 2.21. The average molecular weight is 267 g/mol. The van der Waals surface area contributed by atoms with Crippen LogP contribution in [0.4, 0.5) is 4.79 Å². The third-order valence-electron chi connectivity index (χ3n) is 2.63. The third-order valence-corrected chi connectivity index (χ3v) is 2.87. The molecule has 1 fully saturated rings. The van der Waals surface area contributed by atoms with E-state index in [1.807, 2.05) is 12.1 Å². The van der Waals surface area contributed by atoms with Gasteiger partial charge in [-0.1, -0.05) is 23.7 Å². The third kappa shape index (κ3) is 3.17. The molecular weight excluding hydrogens is 252 g/mol. The molecule has 0 aliphatic carbocycles. The maximum atomic E-state index is 11.5. The van der Waals surface area contributed by atoms with Gasteiger partial charge in [0.2, 0.25) is 0 Å². The van der Waals surface area contributed by atoms with Crippen LogP contribution in [-0.4, -0.2) is 36.7 Å². The van der Waals surface area contributed by atoms with Crippen molar-refractivity contribution in [2.45, 2.75) is 6.10 Å². The molecule has 1 aromatic carbocycles. The molecule has 0 aromatic heterocycles. The number of hydrogen-bond acceptors (Lipinski definition) is 2. The molecule has 0 saturated carbocycles. The first-order chi connectivity index (χ1) is 8.69. The first kappa shape index (κ1) is 12.8. The summed E-state index contributed by atoms with van der Waals surface area (Å²) in [5.74, 6) is 0.735. The number of nitrogens with zero attached hydrogens (tertiary/aromatic N) is 1. The van der Waals surface area contributed by atoms with Gasteiger partial charge in [0.1, 0.15) is 11.9 Å². The number of nitrogens with one attached hydrogen (secondary N) is 1. The summed E-state index contributed by atoms with van der Waals surface area (Å²) >= 11 is 5.86. The lowest BCUT2D eigenvalue weighted by Crippen LogP contribution is -2.58. The van der Waals surface area contributed by atoms with Crippen molar-refractivity contribution in [1.82, 2.24) is 10.2 Å². The van der Waals surface area contributed by atoms with E-state index in [0.29, 0.717) is 24.7 Å². The highest BCUT2D eigenvalue weighted by Gasteiger charge is 2.31. The number of ether oxygens (including phenoxy) is 1. The van der Waals surface area contributed by atoms with E-state index in [0.717, 1.165) is 5.75 Å². The molecule has 2 amide bonds. The summed E-state index contributed by atoms with van der Waals surface area (Å²) in [5.41, 5.74) is 0. The second kappa shape index (κ2) is 5.78. The summed E-state index contributed by atoms with van der Waals surface area (Å²) in [4.78, 5) is 13.2. The molecule has 1 aliphatic heterocycles. The maximum Gasteiger partial charge on any atom is 0.317 e. The molecule has 0 spiro atoms. The predicted molar refractivity (Wildman–Crippen MR) is 71.0 cm³/mol. The van der Waals surface area contributed by atoms with Crippen molar-refractivity contribution in [2.75, 3.05) is 19.6 Å². The van der Waals surface area contributed by atoms with Gasteiger partial charge in [0.25, 0.3) is 0 Å². The Balaban J connectivity index is 1.76. The van der Waals surface area contributed by atoms with E-state index in [1.165, 1.54) is 0 Å². The highest BCUT2D eigenvalue weighted by atomic mass is 35.5. The number of benzene rings is 1. The monoisotopic (exact) mass is 266 g/mol. The molecule has 4 nitrogen and oxygen atoms in total. The first-order valence-corrected chi connectivity index (χ1v) is 6.12. The zero-order chi connectivity index (χ0) is 13.0. The normalized spacial score (nSPS) is 14.8. The van der Waals surface area contributed by atoms with Gasteiger partial charge >= 0.3 is 6.03 Å². The lowest BCUT2D eigenvalue weighted by molar-refractivity contribution is 0.0448. The molecule has 0 atom stereocenters. The lowest BCUT2D eigenvalue weighted by Gasteiger charge is -2.38. The number of urea groups is 1. The number of halogens is 1. The number of hydrogen-bond donors (Lipinski definition) is 1. The number of likely N-dealkylation sites (tertiary alicyclic amines) is 1. The summed E-state index contributed by atoms with van der Waals surface area (Å²) in [7, 11) is 0. The van der Waals surface area contributed by atoms with Gasteiger partial charge < -0.3 is 15.0 Å². The molecule has 1 saturated heterocycles. The fourth-order valence-electron chi connectivity index (χ4n) is 1.68. The molecule has 1 heterocycles. The van der Waals surface area contributed by atoms with Gasteiger partial charge in [-0.2, -0.15) is 0 Å². The van der Waals surface area contributed by atoms with Crippen LogP contribution in [0.25, 0.3) is 0 Å². The van der Waals surface area contributed by atoms with Crippen LogP contribution in [0.5, 0.6) is 5.75 Å². The quantitative estimate of drug-likeness (QED) is 0.850. The van der Waals surface area contributed by atoms with Crippen molar-refractivity contribution in [3.63, 3.8) is 0 Å². The van der Waals surface area contributed by atoms with Crippen molar-refractivity contribution in [3.05, 3.63) is 41.9 Å². The number of carbonyl (C=O) groups excluding carboxylic acids is 1. The summed E-state index contributed by atoms with van der Waals surface area (Å²) in [6.45, 7) is 5.21. The summed E-state index contributed by atoms with van der Waals surface area (Å²) < 4.78 is 5.69. The molecule has 0 bridgehead atoms. The Kier molecular flexibility index (Phi) is 4.10. The Hall–Kier alpha value is -1.68. The van der Waals surface area contributed by atoms with Gasteiger partial charge in [0, 0.05) is 11.6 Å². The standard InChI is InChI=1S/C13H15ClN2O2/c1-2-6-15-13(17)16-8-12(9-16)18-11-5-3-4-10(14)7-11/h2-5,7,12H,1,6,8-9H2,(H,15,17). The van der Waals surface area contributed by atoms with Gasteiger partial charge in [-0.05, 0) is 18.2 Å². The second-order valence-corrected chi connectivity index (χ2v) is 4.51. The molecule has 0 unspecified atom stereocenters. The Morgan fingerprint density at radius 1 is 1.61 bits per heavy atom. The lowest BCUT2D eigenvalue weighted by atomic mass is 10.2. The SMILES string of the molecule is C=CCNC(=O)N1CC(Oc2cccc(Cl)c2)C1. The van der Waals surface area contributed by atoms with Crippen LogP contribution < -0.4 is 10.1 Å². The van der Waals surface area contributed by atoms with Crippen molar-refractivity contribution < 1.29 is 9.53 Å². The van der Waals surface area contributed by atoms with E-state index in [-0.39, 0.29) is 12.1 Å². The van der Waals surface area contributed by atoms with E-state index < -0.39 is 0 Å². The second-order valence-electron chi connectivity index (χ2n) is 4.08. The number of amides is 2. The largest absolute Gasteiger partial charge is 0.487 e. The van der Waals surface area contributed by atoms with Crippen LogP contribution >= 0.6 is 11.6 Å². The van der Waals surface area contributed by atoms with Crippen LogP contribution in [-0.2, 0) is 0 Å². The smallest absolute Gasteiger partial charge is 0.317 e. The van der Waals surface area contributed by atoms with E-state index in [2.05, 4.69) is 11.9 Å². The van der Waals surface area contributed by atoms with E-state index in [1.54, 1.807) is 23.1 Å². The topological polar surface area (TPSA) is 41.6 Å². The molecule has 18 heavy (non-hydrogen) atoms. The van der Waals surface area contributed by atoms with Gasteiger partial charge in [0.15, 0.2) is 0 Å². The predicted octanol–water partition coefficient (Wildman–Crippen LogP) is 2.30. The van der Waals surface area contributed by atoms with Crippen LogP contribution in [0.1, 0.15) is 0 Å². The number of carbonyl (C=O) groups is 1. The van der Waals surface area contributed by atoms with Crippen molar-refractivity contribution in [1.29, 1.82) is 0 Å². The summed E-state index contributed by atoms with van der Waals surface area (Å²) in [6.07, 6.45) is 1.69. The zero-order valence-corrected chi connectivity index (χ0v) is 10.7. The summed E-state index contributed by atoms with van der Waals surface area (Å²) in [5, 5.41) is 3.37. The Bertz CT molecular complexity index is 444. The molecular formula is C13H15ClN2O2. The van der Waals surface area contributed by atoms with E-state index >= 15 is 0 Å². The van der Waals surface area contributed by atoms with Gasteiger partial charge in [-0.15, -0.1) is 6.58 Å². The molecule has 5 heteroatoms. The number of rotatable bonds is 4. The highest BCUT2D eigenvalue weighted by molar-refractivity contribution is 6.30.